The van der Waals surface area contributed by atoms with E-state index < -0.39 is 0 Å². The Balaban J connectivity index is 1.50. The largest absolute Gasteiger partial charge is 0.463 e. The van der Waals surface area contributed by atoms with Gasteiger partial charge in [0.2, 0.25) is 0 Å². The number of aryl methyl sites for hydroxylation is 1. The van der Waals surface area contributed by atoms with Crippen LogP contribution >= 0.6 is 11.6 Å². The van der Waals surface area contributed by atoms with Gasteiger partial charge in [0.15, 0.2) is 5.58 Å². The van der Waals surface area contributed by atoms with Crippen molar-refractivity contribution in [3.05, 3.63) is 70.7 Å². The molecule has 4 aromatic rings. The van der Waals surface area contributed by atoms with Crippen LogP contribution in [0.15, 0.2) is 53.3 Å². The summed E-state index contributed by atoms with van der Waals surface area (Å²) < 4.78 is 7.28. The topological polar surface area (TPSA) is 64.2 Å². The van der Waals surface area contributed by atoms with Gasteiger partial charge in [0.1, 0.15) is 5.52 Å². The maximum atomic E-state index is 13.2. The first kappa shape index (κ1) is 17.9. The fourth-order valence-electron chi connectivity index (χ4n) is 4.15. The van der Waals surface area contributed by atoms with Crippen LogP contribution in [-0.4, -0.2) is 32.1 Å². The van der Waals surface area contributed by atoms with Crippen molar-refractivity contribution in [2.24, 2.45) is 7.05 Å². The molecular formula is C22H19ClN4O2. The third-order valence-electron chi connectivity index (χ3n) is 5.55. The number of carbonyl (C=O) groups is 1. The van der Waals surface area contributed by atoms with E-state index in [-0.39, 0.29) is 11.9 Å². The van der Waals surface area contributed by atoms with E-state index in [1.165, 1.54) is 5.56 Å². The summed E-state index contributed by atoms with van der Waals surface area (Å²) in [6, 6.07) is 11.2. The first-order valence-electron chi connectivity index (χ1n) is 9.49. The number of rotatable bonds is 2. The maximum Gasteiger partial charge on any atom is 0.256 e. The van der Waals surface area contributed by atoms with Gasteiger partial charge in [0.25, 0.3) is 5.91 Å². The summed E-state index contributed by atoms with van der Waals surface area (Å²) in [4.78, 5) is 19.4. The Kier molecular flexibility index (Phi) is 4.17. The van der Waals surface area contributed by atoms with Crippen LogP contribution in [-0.2, 0) is 13.5 Å². The maximum absolute atomic E-state index is 13.2. The molecule has 0 radical (unpaired) electrons. The van der Waals surface area contributed by atoms with Gasteiger partial charge in [-0.05, 0) is 31.5 Å². The molecular weight excluding hydrogens is 388 g/mol. The molecule has 29 heavy (non-hydrogen) atoms. The summed E-state index contributed by atoms with van der Waals surface area (Å²) in [6.07, 6.45) is 3.92. The van der Waals surface area contributed by atoms with Gasteiger partial charge < -0.3 is 9.32 Å². The molecule has 0 saturated heterocycles. The minimum absolute atomic E-state index is 0.0658. The minimum Gasteiger partial charge on any atom is -0.463 e. The zero-order valence-electron chi connectivity index (χ0n) is 16.1. The number of fused-ring (bicyclic) bond motifs is 2. The van der Waals surface area contributed by atoms with Gasteiger partial charge in [-0.3, -0.25) is 14.5 Å². The first-order valence-corrected chi connectivity index (χ1v) is 9.86. The van der Waals surface area contributed by atoms with Crippen LogP contribution in [0.5, 0.6) is 0 Å². The third kappa shape index (κ3) is 2.91. The van der Waals surface area contributed by atoms with Crippen LogP contribution < -0.4 is 0 Å². The Morgan fingerprint density at radius 3 is 2.97 bits per heavy atom. The van der Waals surface area contributed by atoms with Crippen LogP contribution in [0.25, 0.3) is 22.4 Å². The average molecular weight is 407 g/mol. The molecule has 0 bridgehead atoms. The van der Waals surface area contributed by atoms with E-state index >= 15 is 0 Å². The van der Waals surface area contributed by atoms with Crippen molar-refractivity contribution in [1.29, 1.82) is 0 Å². The molecule has 3 aromatic heterocycles. The normalized spacial score (nSPS) is 16.2. The molecule has 1 aliphatic heterocycles. The lowest BCUT2D eigenvalue weighted by atomic mass is 9.95. The molecule has 4 heterocycles. The van der Waals surface area contributed by atoms with E-state index in [2.05, 4.69) is 4.98 Å². The Morgan fingerprint density at radius 2 is 2.14 bits per heavy atom. The van der Waals surface area contributed by atoms with E-state index in [0.717, 1.165) is 28.9 Å². The Morgan fingerprint density at radius 1 is 1.28 bits per heavy atom. The molecule has 1 aliphatic rings. The average Bonchev–Trinajstić information content (AvgIpc) is 3.31. The lowest BCUT2D eigenvalue weighted by Gasteiger charge is -2.33. The van der Waals surface area contributed by atoms with Crippen molar-refractivity contribution in [3.63, 3.8) is 0 Å². The third-order valence-corrected chi connectivity index (χ3v) is 5.79. The molecule has 146 valence electrons. The van der Waals surface area contributed by atoms with Crippen molar-refractivity contribution in [1.82, 2.24) is 19.7 Å². The van der Waals surface area contributed by atoms with Crippen molar-refractivity contribution < 1.29 is 9.21 Å². The number of hydrogen-bond donors (Lipinski definition) is 0. The summed E-state index contributed by atoms with van der Waals surface area (Å²) in [6.45, 7) is 2.63. The highest BCUT2D eigenvalue weighted by Crippen LogP contribution is 2.36. The fraction of sp³-hybridized carbons (Fsp3) is 0.227. The van der Waals surface area contributed by atoms with E-state index in [1.807, 2.05) is 47.8 Å². The van der Waals surface area contributed by atoms with Gasteiger partial charge >= 0.3 is 0 Å². The van der Waals surface area contributed by atoms with Crippen LogP contribution in [0.1, 0.15) is 34.6 Å². The number of halogens is 1. The SMILES string of the molecule is CC1c2nn(C)c(-c3cccc(Cl)c3)c2CCN1C(=O)c1cnc2ccoc2c1. The summed E-state index contributed by atoms with van der Waals surface area (Å²) in [5.74, 6) is -0.0658. The van der Waals surface area contributed by atoms with E-state index in [0.29, 0.717) is 22.7 Å². The van der Waals surface area contributed by atoms with Crippen LogP contribution in [0, 0.1) is 0 Å². The summed E-state index contributed by atoms with van der Waals surface area (Å²) in [7, 11) is 1.93. The van der Waals surface area contributed by atoms with Crippen LogP contribution in [0.2, 0.25) is 5.02 Å². The second-order valence-electron chi connectivity index (χ2n) is 7.30. The van der Waals surface area contributed by atoms with Crippen molar-refractivity contribution in [2.75, 3.05) is 6.54 Å². The quantitative estimate of drug-likeness (QED) is 0.486. The lowest BCUT2D eigenvalue weighted by molar-refractivity contribution is 0.0673. The lowest BCUT2D eigenvalue weighted by Crippen LogP contribution is -2.39. The van der Waals surface area contributed by atoms with Gasteiger partial charge in [-0.25, -0.2) is 0 Å². The molecule has 0 spiro atoms. The number of nitrogens with zero attached hydrogens (tertiary/aromatic N) is 4. The summed E-state index contributed by atoms with van der Waals surface area (Å²) in [5.41, 5.74) is 6.07. The van der Waals surface area contributed by atoms with Gasteiger partial charge in [0.05, 0.1) is 29.3 Å². The van der Waals surface area contributed by atoms with Gasteiger partial charge in [-0.15, -0.1) is 0 Å². The van der Waals surface area contributed by atoms with E-state index in [9.17, 15) is 4.79 Å². The van der Waals surface area contributed by atoms with Gasteiger partial charge in [-0.1, -0.05) is 23.7 Å². The van der Waals surface area contributed by atoms with Crippen LogP contribution in [0.3, 0.4) is 0 Å². The number of furan rings is 1. The molecule has 1 amide bonds. The summed E-state index contributed by atoms with van der Waals surface area (Å²) in [5, 5.41) is 5.45. The molecule has 6 nitrogen and oxygen atoms in total. The second kappa shape index (κ2) is 6.74. The predicted molar refractivity (Wildman–Crippen MR) is 111 cm³/mol. The molecule has 0 fully saturated rings. The Bertz CT molecular complexity index is 1240. The van der Waals surface area contributed by atoms with Gasteiger partial charge in [-0.2, -0.15) is 5.10 Å². The highest BCUT2D eigenvalue weighted by atomic mass is 35.5. The standard InChI is InChI=1S/C22H19ClN4O2/c1-13-20-17(21(26(2)25-20)14-4-3-5-16(23)10-14)6-8-27(13)22(28)15-11-19-18(24-12-15)7-9-29-19/h3-5,7,9-13H,6,8H2,1-2H3. The van der Waals surface area contributed by atoms with E-state index in [1.54, 1.807) is 24.6 Å². The van der Waals surface area contributed by atoms with Gasteiger partial charge in [0, 0.05) is 42.0 Å². The molecule has 0 N–H and O–H groups in total. The molecule has 1 atom stereocenters. The molecule has 1 aromatic carbocycles. The smallest absolute Gasteiger partial charge is 0.256 e. The monoisotopic (exact) mass is 406 g/mol. The molecule has 0 aliphatic carbocycles. The number of carbonyl (C=O) groups excluding carboxylic acids is 1. The Labute approximate surface area is 172 Å². The second-order valence-corrected chi connectivity index (χ2v) is 7.74. The van der Waals surface area contributed by atoms with Crippen molar-refractivity contribution >= 4 is 28.6 Å². The van der Waals surface area contributed by atoms with Crippen molar-refractivity contribution in [3.8, 4) is 11.3 Å². The fourth-order valence-corrected chi connectivity index (χ4v) is 4.34. The molecule has 0 saturated carbocycles. The first-order chi connectivity index (χ1) is 14.0. The highest BCUT2D eigenvalue weighted by molar-refractivity contribution is 6.30. The number of benzene rings is 1. The molecule has 1 unspecified atom stereocenters. The Hall–Kier alpha value is -3.12. The van der Waals surface area contributed by atoms with Crippen molar-refractivity contribution in [2.45, 2.75) is 19.4 Å². The zero-order chi connectivity index (χ0) is 20.1. The number of aromatic nitrogens is 3. The zero-order valence-corrected chi connectivity index (χ0v) is 16.8. The highest BCUT2D eigenvalue weighted by Gasteiger charge is 2.33. The number of amides is 1. The predicted octanol–water partition coefficient (Wildman–Crippen LogP) is 4.64. The summed E-state index contributed by atoms with van der Waals surface area (Å²) >= 11 is 6.20. The van der Waals surface area contributed by atoms with Crippen LogP contribution in [0.4, 0.5) is 0 Å². The molecule has 7 heteroatoms. The molecule has 5 rings (SSSR count). The number of hydrogen-bond acceptors (Lipinski definition) is 4. The minimum atomic E-state index is -0.141. The van der Waals surface area contributed by atoms with E-state index in [4.69, 9.17) is 21.1 Å². The number of pyridine rings is 1.